The molecule has 1 atom stereocenters. The van der Waals surface area contributed by atoms with Crippen LogP contribution in [0.3, 0.4) is 0 Å². The molecule has 0 aromatic rings. The molecule has 0 radical (unpaired) electrons. The van der Waals surface area contributed by atoms with E-state index in [1.807, 2.05) is 11.8 Å². The Morgan fingerprint density at radius 2 is 2.42 bits per heavy atom. The van der Waals surface area contributed by atoms with Crippen molar-refractivity contribution in [2.75, 3.05) is 18.4 Å². The zero-order chi connectivity index (χ0) is 8.97. The number of carbonyl (C=O) groups excluding carboxylic acids is 1. The predicted molar refractivity (Wildman–Crippen MR) is 53.4 cm³/mol. The number of hydrogen-bond acceptors (Lipinski definition) is 1. The van der Waals surface area contributed by atoms with Crippen molar-refractivity contribution in [1.82, 2.24) is 4.90 Å². The number of hydrogen-bond donors (Lipinski definition) is 0. The number of carbonyl (C=O) groups is 1. The maximum absolute atomic E-state index is 11.3. The van der Waals surface area contributed by atoms with Crippen LogP contribution in [-0.2, 0) is 4.79 Å². The molecule has 0 spiro atoms. The summed E-state index contributed by atoms with van der Waals surface area (Å²) < 4.78 is 0. The van der Waals surface area contributed by atoms with Gasteiger partial charge in [-0.2, -0.15) is 0 Å². The first-order chi connectivity index (χ1) is 5.77. The predicted octanol–water partition coefficient (Wildman–Crippen LogP) is 2.03. The Bertz CT molecular complexity index is 161. The third-order valence-corrected chi connectivity index (χ3v) is 3.31. The molecule has 1 aliphatic rings. The van der Waals surface area contributed by atoms with E-state index in [9.17, 15) is 4.79 Å². The Labute approximate surface area is 82.4 Å². The van der Waals surface area contributed by atoms with Gasteiger partial charge in [-0.3, -0.25) is 4.79 Å². The Morgan fingerprint density at radius 1 is 1.67 bits per heavy atom. The van der Waals surface area contributed by atoms with E-state index < -0.39 is 0 Å². The number of halogens is 1. The number of piperidine rings is 1. The molecule has 1 aliphatic heterocycles. The van der Waals surface area contributed by atoms with E-state index >= 15 is 0 Å². The highest BCUT2D eigenvalue weighted by Crippen LogP contribution is 2.18. The molecule has 1 heterocycles. The first-order valence-electron chi connectivity index (χ1n) is 4.61. The van der Waals surface area contributed by atoms with Gasteiger partial charge in [0.2, 0.25) is 5.91 Å². The van der Waals surface area contributed by atoms with E-state index in [-0.39, 0.29) is 0 Å². The number of likely N-dealkylation sites (tertiary alicyclic amines) is 1. The summed E-state index contributed by atoms with van der Waals surface area (Å²) in [5, 5.41) is 1.03. The van der Waals surface area contributed by atoms with E-state index in [0.717, 1.165) is 18.4 Å². The van der Waals surface area contributed by atoms with Crippen LogP contribution in [0.1, 0.15) is 26.2 Å². The molecule has 3 heteroatoms. The van der Waals surface area contributed by atoms with Gasteiger partial charge in [0.25, 0.3) is 0 Å². The molecule has 2 nitrogen and oxygen atoms in total. The smallest absolute Gasteiger partial charge is 0.222 e. The minimum Gasteiger partial charge on any atom is -0.342 e. The van der Waals surface area contributed by atoms with Gasteiger partial charge in [0.1, 0.15) is 0 Å². The molecule has 0 aliphatic carbocycles. The van der Waals surface area contributed by atoms with Crippen molar-refractivity contribution in [2.45, 2.75) is 26.2 Å². The second-order valence-electron chi connectivity index (χ2n) is 3.36. The molecular formula is C9H16BrNO. The molecule has 0 aromatic heterocycles. The fourth-order valence-corrected chi connectivity index (χ4v) is 2.17. The quantitative estimate of drug-likeness (QED) is 0.669. The lowest BCUT2D eigenvalue weighted by Crippen LogP contribution is -2.39. The van der Waals surface area contributed by atoms with Crippen LogP contribution < -0.4 is 0 Å². The van der Waals surface area contributed by atoms with Crippen molar-refractivity contribution in [3.8, 4) is 0 Å². The van der Waals surface area contributed by atoms with Crippen molar-refractivity contribution in [1.29, 1.82) is 0 Å². The number of rotatable bonds is 2. The molecule has 1 fully saturated rings. The van der Waals surface area contributed by atoms with Gasteiger partial charge in [-0.05, 0) is 18.8 Å². The summed E-state index contributed by atoms with van der Waals surface area (Å²) in [6.07, 6.45) is 3.08. The first-order valence-corrected chi connectivity index (χ1v) is 5.73. The minimum absolute atomic E-state index is 0.306. The van der Waals surface area contributed by atoms with Crippen LogP contribution in [0, 0.1) is 5.92 Å². The topological polar surface area (TPSA) is 20.3 Å². The summed E-state index contributed by atoms with van der Waals surface area (Å²) in [5.74, 6) is 0.981. The fourth-order valence-electron chi connectivity index (χ4n) is 1.64. The summed E-state index contributed by atoms with van der Waals surface area (Å²) in [7, 11) is 0. The maximum atomic E-state index is 11.3. The van der Waals surface area contributed by atoms with E-state index in [4.69, 9.17) is 0 Å². The Morgan fingerprint density at radius 3 is 3.00 bits per heavy atom. The largest absolute Gasteiger partial charge is 0.342 e. The van der Waals surface area contributed by atoms with Crippen molar-refractivity contribution < 1.29 is 4.79 Å². The number of alkyl halides is 1. The number of amides is 1. The fraction of sp³-hybridized carbons (Fsp3) is 0.889. The average Bonchev–Trinajstić information content (AvgIpc) is 2.17. The second kappa shape index (κ2) is 4.85. The van der Waals surface area contributed by atoms with Gasteiger partial charge < -0.3 is 4.90 Å². The van der Waals surface area contributed by atoms with Crippen molar-refractivity contribution >= 4 is 21.8 Å². The standard InChI is InChI=1S/C9H16BrNO/c1-2-9(12)11-5-3-4-8(6-10)7-11/h8H,2-7H2,1H3. The zero-order valence-electron chi connectivity index (χ0n) is 7.55. The molecule has 0 N–H and O–H groups in total. The van der Waals surface area contributed by atoms with Crippen LogP contribution in [0.15, 0.2) is 0 Å². The van der Waals surface area contributed by atoms with Gasteiger partial charge in [-0.25, -0.2) is 0 Å². The van der Waals surface area contributed by atoms with Gasteiger partial charge in [0.05, 0.1) is 0 Å². The summed E-state index contributed by atoms with van der Waals surface area (Å²) in [5.41, 5.74) is 0. The van der Waals surface area contributed by atoms with Gasteiger partial charge >= 0.3 is 0 Å². The van der Waals surface area contributed by atoms with Crippen LogP contribution in [-0.4, -0.2) is 29.2 Å². The van der Waals surface area contributed by atoms with E-state index in [1.54, 1.807) is 0 Å². The summed E-state index contributed by atoms with van der Waals surface area (Å²) in [6, 6.07) is 0. The molecule has 1 saturated heterocycles. The zero-order valence-corrected chi connectivity index (χ0v) is 9.14. The van der Waals surface area contributed by atoms with Gasteiger partial charge in [0.15, 0.2) is 0 Å². The van der Waals surface area contributed by atoms with E-state index in [2.05, 4.69) is 15.9 Å². The summed E-state index contributed by atoms with van der Waals surface area (Å²) in [4.78, 5) is 13.3. The van der Waals surface area contributed by atoms with Crippen molar-refractivity contribution in [3.63, 3.8) is 0 Å². The van der Waals surface area contributed by atoms with Crippen LogP contribution in [0.5, 0.6) is 0 Å². The monoisotopic (exact) mass is 233 g/mol. The lowest BCUT2D eigenvalue weighted by atomic mass is 10.00. The van der Waals surface area contributed by atoms with Gasteiger partial charge in [-0.1, -0.05) is 22.9 Å². The molecular weight excluding hydrogens is 218 g/mol. The van der Waals surface area contributed by atoms with Crippen LogP contribution in [0.4, 0.5) is 0 Å². The lowest BCUT2D eigenvalue weighted by molar-refractivity contribution is -0.132. The molecule has 0 bridgehead atoms. The average molecular weight is 234 g/mol. The maximum Gasteiger partial charge on any atom is 0.222 e. The third kappa shape index (κ3) is 2.47. The normalized spacial score (nSPS) is 24.2. The van der Waals surface area contributed by atoms with Crippen molar-refractivity contribution in [2.24, 2.45) is 5.92 Å². The highest BCUT2D eigenvalue weighted by atomic mass is 79.9. The summed E-state index contributed by atoms with van der Waals surface area (Å²) in [6.45, 7) is 3.86. The third-order valence-electron chi connectivity index (χ3n) is 2.39. The Balaban J connectivity index is 2.40. The molecule has 1 rings (SSSR count). The molecule has 70 valence electrons. The molecule has 1 unspecified atom stereocenters. The van der Waals surface area contributed by atoms with E-state index in [0.29, 0.717) is 18.2 Å². The van der Waals surface area contributed by atoms with Crippen LogP contribution in [0.2, 0.25) is 0 Å². The molecule has 0 aromatic carbocycles. The Hall–Kier alpha value is -0.0500. The van der Waals surface area contributed by atoms with Crippen LogP contribution in [0.25, 0.3) is 0 Å². The second-order valence-corrected chi connectivity index (χ2v) is 4.00. The highest BCUT2D eigenvalue weighted by Gasteiger charge is 2.21. The molecule has 0 saturated carbocycles. The van der Waals surface area contributed by atoms with E-state index in [1.165, 1.54) is 12.8 Å². The molecule has 1 amide bonds. The highest BCUT2D eigenvalue weighted by molar-refractivity contribution is 9.09. The number of nitrogens with zero attached hydrogens (tertiary/aromatic N) is 1. The molecule has 12 heavy (non-hydrogen) atoms. The SMILES string of the molecule is CCC(=O)N1CCCC(CBr)C1. The van der Waals surface area contributed by atoms with Crippen molar-refractivity contribution in [3.05, 3.63) is 0 Å². The summed E-state index contributed by atoms with van der Waals surface area (Å²) >= 11 is 3.47. The minimum atomic E-state index is 0.306. The lowest BCUT2D eigenvalue weighted by Gasteiger charge is -2.31. The van der Waals surface area contributed by atoms with Crippen LogP contribution >= 0.6 is 15.9 Å². The first kappa shape index (κ1) is 10.0. The Kier molecular flexibility index (Phi) is 4.06. The van der Waals surface area contributed by atoms with Gasteiger partial charge in [0, 0.05) is 24.8 Å². The van der Waals surface area contributed by atoms with Gasteiger partial charge in [-0.15, -0.1) is 0 Å².